The van der Waals surface area contributed by atoms with Gasteiger partial charge in [-0.15, -0.1) is 0 Å². The van der Waals surface area contributed by atoms with Crippen LogP contribution in [0.3, 0.4) is 0 Å². The number of nitrogens with one attached hydrogen (secondary N) is 1. The van der Waals surface area contributed by atoms with E-state index in [0.717, 1.165) is 32.4 Å². The van der Waals surface area contributed by atoms with Crippen LogP contribution in [0.15, 0.2) is 18.2 Å². The number of hydrogen-bond acceptors (Lipinski definition) is 2. The van der Waals surface area contributed by atoms with E-state index in [1.165, 1.54) is 6.07 Å². The molecule has 1 aliphatic rings. The molecule has 1 atom stereocenters. The first-order valence-electron chi connectivity index (χ1n) is 7.97. The Morgan fingerprint density at radius 2 is 2.05 bits per heavy atom. The van der Waals surface area contributed by atoms with Crippen molar-refractivity contribution in [2.45, 2.75) is 58.2 Å². The second-order valence-electron chi connectivity index (χ2n) is 6.04. The van der Waals surface area contributed by atoms with E-state index in [9.17, 15) is 4.39 Å². The summed E-state index contributed by atoms with van der Waals surface area (Å²) in [7, 11) is 0. The molecular formula is C17H26ClFN2. The van der Waals surface area contributed by atoms with Crippen LogP contribution in [0.4, 0.5) is 4.39 Å². The summed E-state index contributed by atoms with van der Waals surface area (Å²) in [6.45, 7) is 9.13. The van der Waals surface area contributed by atoms with Gasteiger partial charge in [0.15, 0.2) is 0 Å². The van der Waals surface area contributed by atoms with Gasteiger partial charge in [0.1, 0.15) is 5.82 Å². The lowest BCUT2D eigenvalue weighted by molar-refractivity contribution is 0.0635. The number of nitrogens with zero attached hydrogens (tertiary/aromatic N) is 1. The van der Waals surface area contributed by atoms with E-state index in [1.807, 2.05) is 0 Å². The van der Waals surface area contributed by atoms with E-state index in [0.29, 0.717) is 23.2 Å². The highest BCUT2D eigenvalue weighted by Gasteiger charge is 2.36. The van der Waals surface area contributed by atoms with Gasteiger partial charge in [0.05, 0.1) is 0 Å². The number of rotatable bonds is 5. The Balaban J connectivity index is 2.22. The van der Waals surface area contributed by atoms with E-state index < -0.39 is 0 Å². The number of halogens is 2. The zero-order valence-corrected chi connectivity index (χ0v) is 14.0. The van der Waals surface area contributed by atoms with Gasteiger partial charge in [0.25, 0.3) is 0 Å². The summed E-state index contributed by atoms with van der Waals surface area (Å²) in [5.74, 6) is -0.200. The molecule has 0 saturated carbocycles. The molecule has 0 spiro atoms. The Morgan fingerprint density at radius 3 is 2.62 bits per heavy atom. The van der Waals surface area contributed by atoms with Crippen LogP contribution in [0.25, 0.3) is 0 Å². The summed E-state index contributed by atoms with van der Waals surface area (Å²) in [5, 5.41) is 4.24. The lowest BCUT2D eigenvalue weighted by Crippen LogP contribution is -2.63. The molecule has 0 radical (unpaired) electrons. The van der Waals surface area contributed by atoms with Gasteiger partial charge in [-0.25, -0.2) is 4.39 Å². The van der Waals surface area contributed by atoms with Crippen LogP contribution in [0.2, 0.25) is 5.02 Å². The highest BCUT2D eigenvalue weighted by Crippen LogP contribution is 2.28. The number of hydrogen-bond donors (Lipinski definition) is 1. The van der Waals surface area contributed by atoms with Gasteiger partial charge in [0, 0.05) is 41.8 Å². The van der Waals surface area contributed by atoms with Crippen LogP contribution >= 0.6 is 11.6 Å². The van der Waals surface area contributed by atoms with Gasteiger partial charge in [0.2, 0.25) is 0 Å². The molecule has 0 bridgehead atoms. The van der Waals surface area contributed by atoms with Crippen molar-refractivity contribution in [3.8, 4) is 0 Å². The van der Waals surface area contributed by atoms with Crippen molar-refractivity contribution in [3.63, 3.8) is 0 Å². The van der Waals surface area contributed by atoms with E-state index in [-0.39, 0.29) is 11.4 Å². The minimum atomic E-state index is -0.200. The molecule has 1 heterocycles. The van der Waals surface area contributed by atoms with Gasteiger partial charge >= 0.3 is 0 Å². The second kappa shape index (κ2) is 7.08. The van der Waals surface area contributed by atoms with Crippen LogP contribution in [0, 0.1) is 5.82 Å². The Hall–Kier alpha value is -0.640. The smallest absolute Gasteiger partial charge is 0.129 e. The van der Waals surface area contributed by atoms with E-state index in [1.54, 1.807) is 12.1 Å². The van der Waals surface area contributed by atoms with Gasteiger partial charge in [-0.1, -0.05) is 38.4 Å². The fourth-order valence-corrected chi connectivity index (χ4v) is 3.46. The van der Waals surface area contributed by atoms with Gasteiger partial charge < -0.3 is 5.32 Å². The lowest BCUT2D eigenvalue weighted by Gasteiger charge is -2.47. The Morgan fingerprint density at radius 1 is 1.33 bits per heavy atom. The molecule has 4 heteroatoms. The van der Waals surface area contributed by atoms with Gasteiger partial charge in [-0.3, -0.25) is 4.90 Å². The Kier molecular flexibility index (Phi) is 5.64. The first-order chi connectivity index (χ1) is 10.0. The zero-order chi connectivity index (χ0) is 15.5. The average Bonchev–Trinajstić information content (AvgIpc) is 2.51. The van der Waals surface area contributed by atoms with E-state index in [2.05, 4.69) is 31.0 Å². The molecule has 1 aliphatic heterocycles. The maximum Gasteiger partial charge on any atom is 0.129 e. The van der Waals surface area contributed by atoms with Gasteiger partial charge in [-0.2, -0.15) is 0 Å². The maximum absolute atomic E-state index is 14.1. The summed E-state index contributed by atoms with van der Waals surface area (Å²) in [5.41, 5.74) is 0.768. The summed E-state index contributed by atoms with van der Waals surface area (Å²) in [6.07, 6.45) is 3.23. The van der Waals surface area contributed by atoms with Crippen LogP contribution < -0.4 is 5.32 Å². The topological polar surface area (TPSA) is 15.3 Å². The van der Waals surface area contributed by atoms with Crippen molar-refractivity contribution in [1.82, 2.24) is 10.2 Å². The molecule has 1 N–H and O–H groups in total. The molecule has 2 rings (SSSR count). The normalized spacial score (nSPS) is 22.4. The Labute approximate surface area is 132 Å². The van der Waals surface area contributed by atoms with Crippen LogP contribution in [0.1, 0.15) is 45.6 Å². The minimum absolute atomic E-state index is 0.142. The monoisotopic (exact) mass is 312 g/mol. The third-order valence-electron chi connectivity index (χ3n) is 4.98. The van der Waals surface area contributed by atoms with Crippen molar-refractivity contribution in [3.05, 3.63) is 34.6 Å². The van der Waals surface area contributed by atoms with Gasteiger partial charge in [-0.05, 0) is 31.4 Å². The van der Waals surface area contributed by atoms with Crippen molar-refractivity contribution < 1.29 is 4.39 Å². The number of benzene rings is 1. The summed E-state index contributed by atoms with van der Waals surface area (Å²) < 4.78 is 14.1. The zero-order valence-electron chi connectivity index (χ0n) is 13.3. The van der Waals surface area contributed by atoms with E-state index in [4.69, 9.17) is 11.6 Å². The van der Waals surface area contributed by atoms with Crippen LogP contribution in [-0.4, -0.2) is 29.6 Å². The van der Waals surface area contributed by atoms with Crippen LogP contribution in [0.5, 0.6) is 0 Å². The molecule has 21 heavy (non-hydrogen) atoms. The molecule has 2 nitrogen and oxygen atoms in total. The average molecular weight is 313 g/mol. The second-order valence-corrected chi connectivity index (χ2v) is 6.44. The first-order valence-corrected chi connectivity index (χ1v) is 8.35. The minimum Gasteiger partial charge on any atom is -0.308 e. The maximum atomic E-state index is 14.1. The number of piperazine rings is 1. The van der Waals surface area contributed by atoms with Crippen LogP contribution in [-0.2, 0) is 6.54 Å². The molecule has 1 aromatic carbocycles. The SMILES string of the molecule is CCC1CNC(CC)(CC)CN1Cc1c(F)cccc1Cl. The highest BCUT2D eigenvalue weighted by molar-refractivity contribution is 6.31. The third-order valence-corrected chi connectivity index (χ3v) is 5.34. The molecule has 0 amide bonds. The summed E-state index contributed by atoms with van der Waals surface area (Å²) in [6, 6.07) is 5.37. The van der Waals surface area contributed by atoms with E-state index >= 15 is 0 Å². The largest absolute Gasteiger partial charge is 0.308 e. The quantitative estimate of drug-likeness (QED) is 0.875. The molecule has 118 valence electrons. The highest BCUT2D eigenvalue weighted by atomic mass is 35.5. The lowest BCUT2D eigenvalue weighted by atomic mass is 9.88. The third kappa shape index (κ3) is 3.58. The standard InChI is InChI=1S/C17H26ClFN2/c1-4-13-10-20-17(5-2,6-3)12-21(13)11-14-15(18)8-7-9-16(14)19/h7-9,13,20H,4-6,10-12H2,1-3H3. The molecule has 1 fully saturated rings. The summed E-state index contributed by atoms with van der Waals surface area (Å²) >= 11 is 6.20. The summed E-state index contributed by atoms with van der Waals surface area (Å²) in [4.78, 5) is 2.40. The molecule has 0 aromatic heterocycles. The van der Waals surface area contributed by atoms with Crippen molar-refractivity contribution in [1.29, 1.82) is 0 Å². The first kappa shape index (κ1) is 16.7. The fraction of sp³-hybridized carbons (Fsp3) is 0.647. The predicted molar refractivity (Wildman–Crippen MR) is 87.2 cm³/mol. The molecule has 0 aliphatic carbocycles. The Bertz CT molecular complexity index is 454. The molecule has 1 unspecified atom stereocenters. The van der Waals surface area contributed by atoms with Crippen molar-refractivity contribution in [2.24, 2.45) is 0 Å². The van der Waals surface area contributed by atoms with Crippen molar-refractivity contribution >= 4 is 11.6 Å². The fourth-order valence-electron chi connectivity index (χ4n) is 3.23. The molecule has 1 saturated heterocycles. The van der Waals surface area contributed by atoms with Crippen molar-refractivity contribution in [2.75, 3.05) is 13.1 Å². The molecule has 1 aromatic rings. The molecular weight excluding hydrogens is 287 g/mol. The predicted octanol–water partition coefficient (Wildman–Crippen LogP) is 4.22.